The first-order valence-corrected chi connectivity index (χ1v) is 9.73. The first-order chi connectivity index (χ1) is 15.4. The molecule has 0 spiro atoms. The summed E-state index contributed by atoms with van der Waals surface area (Å²) in [5.41, 5.74) is -2.11. The first kappa shape index (κ1) is 22.3. The molecule has 0 bridgehead atoms. The second kappa shape index (κ2) is 10.1. The minimum absolute atomic E-state index is 0.0976. The largest absolute Gasteiger partial charge is 0.457 e. The lowest BCUT2D eigenvalue weighted by Crippen LogP contribution is -2.55. The monoisotopic (exact) mass is 434 g/mol. The molecule has 0 radical (unpaired) electrons. The highest BCUT2D eigenvalue weighted by Gasteiger charge is 2.16. The van der Waals surface area contributed by atoms with Crippen molar-refractivity contribution >= 4 is 11.6 Å². The molecule has 0 saturated heterocycles. The number of para-hydroxylation sites is 1. The first-order valence-electron chi connectivity index (χ1n) is 9.73. The Hall–Kier alpha value is -4.40. The van der Waals surface area contributed by atoms with Gasteiger partial charge < -0.3 is 10.1 Å². The van der Waals surface area contributed by atoms with Gasteiger partial charge in [-0.2, -0.15) is 0 Å². The summed E-state index contributed by atoms with van der Waals surface area (Å²) in [6.07, 6.45) is 2.71. The Kier molecular flexibility index (Phi) is 7.02. The predicted molar refractivity (Wildman–Crippen MR) is 121 cm³/mol. The van der Waals surface area contributed by atoms with Crippen molar-refractivity contribution in [2.24, 2.45) is 0 Å². The fraction of sp³-hybridized carbons (Fsp3) is 0.130. The molecule has 164 valence electrons. The molecule has 0 fully saturated rings. The molecule has 9 nitrogen and oxygen atoms in total. The number of nitrogens with zero attached hydrogens (tertiary/aromatic N) is 3. The van der Waals surface area contributed by atoms with Crippen molar-refractivity contribution in [3.63, 3.8) is 0 Å². The number of allylic oxidation sites excluding steroid dienone is 2. The number of carbonyl (C=O) groups excluding carboxylic acids is 1. The molecule has 1 heterocycles. The van der Waals surface area contributed by atoms with Crippen LogP contribution < -0.4 is 27.1 Å². The van der Waals surface area contributed by atoms with Crippen LogP contribution in [0.2, 0.25) is 0 Å². The third-order valence-electron chi connectivity index (χ3n) is 4.43. The molecular weight excluding hydrogens is 412 g/mol. The average molecular weight is 434 g/mol. The van der Waals surface area contributed by atoms with E-state index in [0.29, 0.717) is 21.8 Å². The Morgan fingerprint density at radius 3 is 1.81 bits per heavy atom. The maximum absolute atomic E-state index is 12.6. The maximum atomic E-state index is 12.6. The van der Waals surface area contributed by atoms with E-state index >= 15 is 0 Å². The fourth-order valence-electron chi connectivity index (χ4n) is 2.96. The Bertz CT molecular complexity index is 1250. The molecule has 1 aromatic heterocycles. The SMILES string of the molecule is C=CCn1c(=O)n(CC=C)c(=O)n(CC(=O)Nc2ccc(Oc3ccccc3)cc2)c1=O. The Balaban J connectivity index is 1.79. The van der Waals surface area contributed by atoms with Crippen LogP contribution in [-0.4, -0.2) is 19.6 Å². The topological polar surface area (TPSA) is 104 Å². The summed E-state index contributed by atoms with van der Waals surface area (Å²) in [5, 5.41) is 2.62. The van der Waals surface area contributed by atoms with E-state index in [-0.39, 0.29) is 13.1 Å². The van der Waals surface area contributed by atoms with E-state index in [1.807, 2.05) is 30.3 Å². The standard InChI is InChI=1S/C23H22N4O5/c1-3-14-25-21(29)26(15-4-2)23(31)27(22(25)30)16-20(28)24-17-10-12-19(13-11-17)32-18-8-6-5-7-9-18/h3-13H,1-2,14-16H2,(H,24,28). The summed E-state index contributed by atoms with van der Waals surface area (Å²) in [7, 11) is 0. The fourth-order valence-corrected chi connectivity index (χ4v) is 2.96. The number of rotatable bonds is 9. The third-order valence-corrected chi connectivity index (χ3v) is 4.43. The molecule has 0 aliphatic carbocycles. The summed E-state index contributed by atoms with van der Waals surface area (Å²) in [6, 6.07) is 15.8. The molecule has 9 heteroatoms. The maximum Gasteiger partial charge on any atom is 0.337 e. The highest BCUT2D eigenvalue weighted by atomic mass is 16.5. The van der Waals surface area contributed by atoms with Crippen molar-refractivity contribution in [2.75, 3.05) is 5.32 Å². The van der Waals surface area contributed by atoms with E-state index in [0.717, 1.165) is 9.13 Å². The number of aromatic nitrogens is 3. The molecule has 0 aliphatic rings. The second-order valence-corrected chi connectivity index (χ2v) is 6.72. The minimum Gasteiger partial charge on any atom is -0.457 e. The molecule has 1 N–H and O–H groups in total. The van der Waals surface area contributed by atoms with Crippen molar-refractivity contribution in [3.8, 4) is 11.5 Å². The zero-order valence-corrected chi connectivity index (χ0v) is 17.3. The van der Waals surface area contributed by atoms with E-state index in [9.17, 15) is 19.2 Å². The number of amides is 1. The number of anilines is 1. The summed E-state index contributed by atoms with van der Waals surface area (Å²) >= 11 is 0. The normalized spacial score (nSPS) is 10.4. The molecule has 0 saturated carbocycles. The van der Waals surface area contributed by atoms with Crippen LogP contribution in [0.15, 0.2) is 94.3 Å². The summed E-state index contributed by atoms with van der Waals surface area (Å²) < 4.78 is 8.07. The van der Waals surface area contributed by atoms with Gasteiger partial charge in [0.25, 0.3) is 0 Å². The highest BCUT2D eigenvalue weighted by molar-refractivity contribution is 5.90. The smallest absolute Gasteiger partial charge is 0.337 e. The van der Waals surface area contributed by atoms with Gasteiger partial charge in [0.1, 0.15) is 18.0 Å². The predicted octanol–water partition coefficient (Wildman–Crippen LogP) is 1.97. The number of ether oxygens (including phenoxy) is 1. The quantitative estimate of drug-likeness (QED) is 0.519. The van der Waals surface area contributed by atoms with E-state index < -0.39 is 29.5 Å². The molecule has 0 unspecified atom stereocenters. The van der Waals surface area contributed by atoms with E-state index in [1.54, 1.807) is 24.3 Å². The molecule has 1 amide bonds. The number of benzene rings is 2. The van der Waals surface area contributed by atoms with E-state index in [4.69, 9.17) is 4.74 Å². The van der Waals surface area contributed by atoms with Gasteiger partial charge in [0.2, 0.25) is 5.91 Å². The van der Waals surface area contributed by atoms with Gasteiger partial charge in [-0.05, 0) is 36.4 Å². The van der Waals surface area contributed by atoms with Gasteiger partial charge in [0, 0.05) is 5.69 Å². The van der Waals surface area contributed by atoms with Crippen molar-refractivity contribution in [1.82, 2.24) is 13.7 Å². The number of nitrogens with one attached hydrogen (secondary N) is 1. The van der Waals surface area contributed by atoms with Crippen LogP contribution in [0, 0.1) is 0 Å². The van der Waals surface area contributed by atoms with Crippen LogP contribution in [0.1, 0.15) is 0 Å². The molecule has 3 rings (SSSR count). The summed E-state index contributed by atoms with van der Waals surface area (Å²) in [5.74, 6) is 0.651. The van der Waals surface area contributed by atoms with Crippen LogP contribution in [-0.2, 0) is 24.4 Å². The van der Waals surface area contributed by atoms with Crippen molar-refractivity contribution in [1.29, 1.82) is 0 Å². The van der Waals surface area contributed by atoms with Gasteiger partial charge in [0.05, 0.1) is 13.1 Å². The van der Waals surface area contributed by atoms with Crippen molar-refractivity contribution < 1.29 is 9.53 Å². The highest BCUT2D eigenvalue weighted by Crippen LogP contribution is 2.22. The van der Waals surface area contributed by atoms with Gasteiger partial charge in [-0.1, -0.05) is 30.4 Å². The number of hydrogen-bond acceptors (Lipinski definition) is 5. The Labute approximate surface area is 183 Å². The second-order valence-electron chi connectivity index (χ2n) is 6.72. The lowest BCUT2D eigenvalue weighted by Gasteiger charge is -2.12. The molecule has 32 heavy (non-hydrogen) atoms. The van der Waals surface area contributed by atoms with Crippen LogP contribution in [0.3, 0.4) is 0 Å². The van der Waals surface area contributed by atoms with E-state index in [1.165, 1.54) is 12.2 Å². The minimum atomic E-state index is -0.887. The average Bonchev–Trinajstić information content (AvgIpc) is 2.79. The van der Waals surface area contributed by atoms with Gasteiger partial charge >= 0.3 is 17.1 Å². The van der Waals surface area contributed by atoms with Crippen molar-refractivity contribution in [3.05, 3.63) is 111 Å². The van der Waals surface area contributed by atoms with Gasteiger partial charge in [0.15, 0.2) is 0 Å². The van der Waals surface area contributed by atoms with Gasteiger partial charge in [-0.3, -0.25) is 4.79 Å². The Morgan fingerprint density at radius 2 is 1.28 bits per heavy atom. The molecule has 0 aliphatic heterocycles. The van der Waals surface area contributed by atoms with Gasteiger partial charge in [-0.25, -0.2) is 28.1 Å². The van der Waals surface area contributed by atoms with Crippen LogP contribution >= 0.6 is 0 Å². The lowest BCUT2D eigenvalue weighted by molar-refractivity contribution is -0.116. The van der Waals surface area contributed by atoms with Crippen LogP contribution in [0.25, 0.3) is 0 Å². The van der Waals surface area contributed by atoms with Crippen LogP contribution in [0.4, 0.5) is 5.69 Å². The van der Waals surface area contributed by atoms with Crippen molar-refractivity contribution in [2.45, 2.75) is 19.6 Å². The molecular formula is C23H22N4O5. The van der Waals surface area contributed by atoms with Crippen LogP contribution in [0.5, 0.6) is 11.5 Å². The molecule has 0 atom stereocenters. The molecule has 3 aromatic rings. The molecule has 2 aromatic carbocycles. The zero-order valence-electron chi connectivity index (χ0n) is 17.3. The summed E-state index contributed by atoms with van der Waals surface area (Å²) in [6.45, 7) is 6.27. The zero-order chi connectivity index (χ0) is 23.1. The lowest BCUT2D eigenvalue weighted by atomic mass is 10.3. The number of hydrogen-bond donors (Lipinski definition) is 1. The Morgan fingerprint density at radius 1 is 0.781 bits per heavy atom. The van der Waals surface area contributed by atoms with Gasteiger partial charge in [-0.15, -0.1) is 13.2 Å². The van der Waals surface area contributed by atoms with E-state index in [2.05, 4.69) is 18.5 Å². The third kappa shape index (κ3) is 5.01. The number of carbonyl (C=O) groups is 1. The summed E-state index contributed by atoms with van der Waals surface area (Å²) in [4.78, 5) is 50.1.